The zero-order chi connectivity index (χ0) is 22.7. The van der Waals surface area contributed by atoms with Gasteiger partial charge in [0.05, 0.1) is 18.0 Å². The molecule has 0 saturated carbocycles. The van der Waals surface area contributed by atoms with E-state index in [-0.39, 0.29) is 23.2 Å². The van der Waals surface area contributed by atoms with E-state index in [1.54, 1.807) is 11.5 Å². The summed E-state index contributed by atoms with van der Waals surface area (Å²) in [5.41, 5.74) is 7.94. The lowest BCUT2D eigenvalue weighted by molar-refractivity contribution is 0.774. The van der Waals surface area contributed by atoms with Gasteiger partial charge in [-0.1, -0.05) is 36.3 Å². The second kappa shape index (κ2) is 8.63. The molecule has 3 N–H and O–H groups in total. The van der Waals surface area contributed by atoms with Crippen molar-refractivity contribution >= 4 is 28.2 Å². The summed E-state index contributed by atoms with van der Waals surface area (Å²) >= 11 is 0. The second-order valence-electron chi connectivity index (χ2n) is 7.13. The molecule has 0 spiro atoms. The minimum Gasteiger partial charge on any atom is -0.371 e. The van der Waals surface area contributed by atoms with Crippen LogP contribution in [0.1, 0.15) is 31.1 Å². The molecule has 4 rings (SSSR count). The number of benzene rings is 2. The lowest BCUT2D eigenvalue weighted by atomic mass is 10.0. The first-order valence-electron chi connectivity index (χ1n) is 9.97. The minimum atomic E-state index is -0.372. The molecule has 0 radical (unpaired) electrons. The summed E-state index contributed by atoms with van der Waals surface area (Å²) in [6, 6.07) is 16.7. The summed E-state index contributed by atoms with van der Waals surface area (Å²) in [4.78, 5) is 25.3. The number of para-hydroxylation sites is 1. The van der Waals surface area contributed by atoms with E-state index in [0.717, 1.165) is 11.1 Å². The average molecular weight is 420 g/mol. The number of pyridine rings is 1. The maximum Gasteiger partial charge on any atom is 0.264 e. The molecular weight excluding hydrogens is 400 g/mol. The summed E-state index contributed by atoms with van der Waals surface area (Å²) in [5, 5.41) is 4.58. The molecule has 2 heterocycles. The van der Waals surface area contributed by atoms with E-state index in [9.17, 15) is 4.79 Å². The molecule has 2 aromatic heterocycles. The van der Waals surface area contributed by atoms with Gasteiger partial charge in [-0.05, 0) is 43.5 Å². The Morgan fingerprint density at radius 3 is 2.69 bits per heavy atom. The third-order valence-corrected chi connectivity index (χ3v) is 5.05. The predicted octanol–water partition coefficient (Wildman–Crippen LogP) is 4.46. The fourth-order valence-electron chi connectivity index (χ4n) is 3.64. The molecule has 7 heteroatoms. The number of nitrogens with two attached hydrogens (primary N) is 1. The molecule has 0 aliphatic carbocycles. The van der Waals surface area contributed by atoms with Gasteiger partial charge >= 0.3 is 0 Å². The second-order valence-corrected chi connectivity index (χ2v) is 7.13. The van der Waals surface area contributed by atoms with Crippen molar-refractivity contribution in [1.82, 2.24) is 14.5 Å². The summed E-state index contributed by atoms with van der Waals surface area (Å²) in [5.74, 6) is 6.30. The van der Waals surface area contributed by atoms with Gasteiger partial charge in [0.1, 0.15) is 5.82 Å². The van der Waals surface area contributed by atoms with Crippen LogP contribution in [-0.4, -0.2) is 14.5 Å². The fraction of sp³-hybridized carbons (Fsp3) is 0.120. The van der Waals surface area contributed by atoms with Gasteiger partial charge in [-0.15, -0.1) is 5.92 Å². The van der Waals surface area contributed by atoms with E-state index < -0.39 is 0 Å². The molecule has 156 valence electrons. The molecule has 0 fully saturated rings. The Morgan fingerprint density at radius 2 is 1.97 bits per heavy atom. The molecule has 0 aliphatic rings. The van der Waals surface area contributed by atoms with Crippen LogP contribution in [0.2, 0.25) is 0 Å². The highest BCUT2D eigenvalue weighted by atomic mass is 16.1. The molecule has 0 unspecified atom stereocenters. The number of fused-ring (bicyclic) bond motifs is 1. The van der Waals surface area contributed by atoms with E-state index in [2.05, 4.69) is 32.0 Å². The Kier molecular flexibility index (Phi) is 5.57. The van der Waals surface area contributed by atoms with Crippen LogP contribution >= 0.6 is 0 Å². The van der Waals surface area contributed by atoms with E-state index in [0.29, 0.717) is 22.5 Å². The highest BCUT2D eigenvalue weighted by Crippen LogP contribution is 2.29. The number of hydrogen-bond acceptors (Lipinski definition) is 5. The smallest absolute Gasteiger partial charge is 0.264 e. The number of hydrogen-bond donors (Lipinski definition) is 2. The molecule has 1 atom stereocenters. The first-order valence-corrected chi connectivity index (χ1v) is 9.97. The molecule has 7 nitrogen and oxygen atoms in total. The van der Waals surface area contributed by atoms with Gasteiger partial charge in [-0.25, -0.2) is 14.8 Å². The van der Waals surface area contributed by atoms with Gasteiger partial charge in [0.15, 0.2) is 0 Å². The van der Waals surface area contributed by atoms with Crippen LogP contribution in [0.3, 0.4) is 0 Å². The molecule has 0 amide bonds. The van der Waals surface area contributed by atoms with Crippen LogP contribution in [0.4, 0.5) is 17.5 Å². The summed E-state index contributed by atoms with van der Waals surface area (Å²) in [6.45, 7) is 11.0. The standard InChI is InChI=1S/C25H20N6O/c1-4-9-17-10-8-11-18-14-21(16(2)29-23-20(27-3)15-28-25(26)30-23)31(24(32)22(17)18)19-12-6-5-7-13-19/h5-8,10-16H,1-2H3,(H3,26,28,29,30)/t16-/m0/s1. The number of rotatable bonds is 4. The summed E-state index contributed by atoms with van der Waals surface area (Å²) < 4.78 is 1.67. The Labute approximate surface area is 185 Å². The molecule has 0 saturated heterocycles. The highest BCUT2D eigenvalue weighted by Gasteiger charge is 2.19. The van der Waals surface area contributed by atoms with Crippen LogP contribution in [-0.2, 0) is 0 Å². The lowest BCUT2D eigenvalue weighted by Gasteiger charge is -2.22. The Balaban J connectivity index is 1.96. The van der Waals surface area contributed by atoms with Gasteiger partial charge in [0.25, 0.3) is 5.56 Å². The van der Waals surface area contributed by atoms with E-state index in [1.165, 1.54) is 6.20 Å². The minimum absolute atomic E-state index is 0.0637. The Morgan fingerprint density at radius 1 is 1.19 bits per heavy atom. The third kappa shape index (κ3) is 3.76. The summed E-state index contributed by atoms with van der Waals surface area (Å²) in [7, 11) is 0. The first-order chi connectivity index (χ1) is 15.5. The van der Waals surface area contributed by atoms with Gasteiger partial charge < -0.3 is 11.1 Å². The maximum absolute atomic E-state index is 13.8. The van der Waals surface area contributed by atoms with Gasteiger partial charge in [-0.2, -0.15) is 0 Å². The topological polar surface area (TPSA) is 90.2 Å². The maximum atomic E-state index is 13.8. The molecule has 4 aromatic rings. The van der Waals surface area contributed by atoms with Crippen molar-refractivity contribution < 1.29 is 0 Å². The predicted molar refractivity (Wildman–Crippen MR) is 127 cm³/mol. The van der Waals surface area contributed by atoms with Crippen molar-refractivity contribution in [1.29, 1.82) is 0 Å². The summed E-state index contributed by atoms with van der Waals surface area (Å²) in [6.07, 6.45) is 1.38. The van der Waals surface area contributed by atoms with E-state index >= 15 is 0 Å². The third-order valence-electron chi connectivity index (χ3n) is 5.05. The molecule has 0 aliphatic heterocycles. The van der Waals surface area contributed by atoms with Crippen LogP contribution in [0.15, 0.2) is 65.6 Å². The number of aromatic nitrogens is 3. The largest absolute Gasteiger partial charge is 0.371 e. The zero-order valence-electron chi connectivity index (χ0n) is 17.6. The Hall–Kier alpha value is -4.62. The lowest BCUT2D eigenvalue weighted by Crippen LogP contribution is -2.26. The van der Waals surface area contributed by atoms with E-state index in [4.69, 9.17) is 12.3 Å². The number of nitrogens with zero attached hydrogens (tertiary/aromatic N) is 4. The average Bonchev–Trinajstić information content (AvgIpc) is 2.80. The Bertz CT molecular complexity index is 1470. The normalized spacial score (nSPS) is 11.3. The van der Waals surface area contributed by atoms with Crippen molar-refractivity contribution in [3.8, 4) is 17.5 Å². The van der Waals surface area contributed by atoms with Crippen molar-refractivity contribution in [2.45, 2.75) is 19.9 Å². The monoisotopic (exact) mass is 420 g/mol. The number of anilines is 2. The van der Waals surface area contributed by atoms with Gasteiger partial charge in [0, 0.05) is 23.1 Å². The van der Waals surface area contributed by atoms with Crippen LogP contribution in [0.5, 0.6) is 0 Å². The van der Waals surface area contributed by atoms with Gasteiger partial charge in [-0.3, -0.25) is 9.36 Å². The SMILES string of the molecule is [C-]#[N+]c1cnc(N)nc1N[C@@H](C)c1cc2cccc(C#CC)c2c(=O)n1-c1ccccc1. The molecular formula is C25H20N6O. The van der Waals surface area contributed by atoms with Crippen molar-refractivity contribution in [2.75, 3.05) is 11.1 Å². The van der Waals surface area contributed by atoms with Crippen molar-refractivity contribution in [2.24, 2.45) is 0 Å². The fourth-order valence-corrected chi connectivity index (χ4v) is 3.64. The van der Waals surface area contributed by atoms with Crippen molar-refractivity contribution in [3.05, 3.63) is 93.8 Å². The van der Waals surface area contributed by atoms with E-state index in [1.807, 2.05) is 61.5 Å². The first kappa shape index (κ1) is 20.6. The quantitative estimate of drug-likeness (QED) is 0.376. The van der Waals surface area contributed by atoms with Crippen LogP contribution in [0.25, 0.3) is 21.3 Å². The highest BCUT2D eigenvalue weighted by molar-refractivity contribution is 5.88. The molecule has 0 bridgehead atoms. The van der Waals surface area contributed by atoms with Gasteiger partial charge in [0.2, 0.25) is 11.6 Å². The van der Waals surface area contributed by atoms with Crippen LogP contribution in [0, 0.1) is 18.4 Å². The zero-order valence-corrected chi connectivity index (χ0v) is 17.6. The van der Waals surface area contributed by atoms with Crippen LogP contribution < -0.4 is 16.6 Å². The molecule has 32 heavy (non-hydrogen) atoms. The number of nitrogens with one attached hydrogen (secondary N) is 1. The molecule has 2 aromatic carbocycles. The van der Waals surface area contributed by atoms with Crippen molar-refractivity contribution in [3.63, 3.8) is 0 Å². The number of nitrogen functional groups attached to an aromatic ring is 1.